The summed E-state index contributed by atoms with van der Waals surface area (Å²) < 4.78 is 18.2. The van der Waals surface area contributed by atoms with E-state index >= 15 is 0 Å². The van der Waals surface area contributed by atoms with Crippen LogP contribution in [0.5, 0.6) is 5.75 Å². The maximum Gasteiger partial charge on any atom is 0.261 e. The summed E-state index contributed by atoms with van der Waals surface area (Å²) in [4.78, 5) is 11.9. The Hall–Kier alpha value is -1.33. The van der Waals surface area contributed by atoms with Crippen LogP contribution in [0.2, 0.25) is 0 Å². The summed E-state index contributed by atoms with van der Waals surface area (Å²) in [5.41, 5.74) is 0. The number of halogens is 2. The molecule has 1 aliphatic rings. The maximum atomic E-state index is 12.7. The van der Waals surface area contributed by atoms with Crippen LogP contribution in [-0.4, -0.2) is 31.1 Å². The summed E-state index contributed by atoms with van der Waals surface area (Å²) in [5, 5.41) is 6.19. The van der Waals surface area contributed by atoms with Gasteiger partial charge in [-0.15, -0.1) is 12.4 Å². The van der Waals surface area contributed by atoms with Gasteiger partial charge in [-0.2, -0.15) is 0 Å². The number of rotatable bonds is 4. The van der Waals surface area contributed by atoms with E-state index in [1.165, 1.54) is 24.3 Å². The highest BCUT2D eigenvalue weighted by Crippen LogP contribution is 2.13. The largest absolute Gasteiger partial charge is 0.481 e. The van der Waals surface area contributed by atoms with Gasteiger partial charge in [0, 0.05) is 12.6 Å². The highest BCUT2D eigenvalue weighted by Gasteiger charge is 2.20. The van der Waals surface area contributed by atoms with Gasteiger partial charge in [-0.3, -0.25) is 4.79 Å². The topological polar surface area (TPSA) is 50.4 Å². The van der Waals surface area contributed by atoms with Gasteiger partial charge in [0.05, 0.1) is 0 Å². The van der Waals surface area contributed by atoms with Crippen LogP contribution in [0.1, 0.15) is 19.8 Å². The molecule has 1 aromatic carbocycles. The molecule has 1 saturated heterocycles. The molecule has 2 N–H and O–H groups in total. The number of ether oxygens (including phenoxy) is 1. The average Bonchev–Trinajstić information content (AvgIpc) is 2.42. The minimum atomic E-state index is -0.590. The molecule has 6 heteroatoms. The Labute approximate surface area is 124 Å². The highest BCUT2D eigenvalue weighted by atomic mass is 35.5. The van der Waals surface area contributed by atoms with Crippen LogP contribution in [-0.2, 0) is 4.79 Å². The van der Waals surface area contributed by atoms with Gasteiger partial charge in [0.2, 0.25) is 0 Å². The number of amides is 1. The molecule has 2 atom stereocenters. The summed E-state index contributed by atoms with van der Waals surface area (Å²) in [7, 11) is 0. The second-order valence-corrected chi connectivity index (χ2v) is 4.77. The third kappa shape index (κ3) is 4.98. The molecule has 0 aromatic heterocycles. The number of hydrogen-bond donors (Lipinski definition) is 2. The molecular weight excluding hydrogens is 283 g/mol. The fourth-order valence-electron chi connectivity index (χ4n) is 2.06. The van der Waals surface area contributed by atoms with Crippen LogP contribution >= 0.6 is 12.4 Å². The monoisotopic (exact) mass is 302 g/mol. The van der Waals surface area contributed by atoms with E-state index in [4.69, 9.17) is 4.74 Å². The number of piperidine rings is 1. The highest BCUT2D eigenvalue weighted by molar-refractivity contribution is 5.85. The van der Waals surface area contributed by atoms with E-state index in [1.807, 2.05) is 0 Å². The van der Waals surface area contributed by atoms with Gasteiger partial charge < -0.3 is 15.4 Å². The van der Waals surface area contributed by atoms with Crippen LogP contribution < -0.4 is 15.4 Å². The molecule has 112 valence electrons. The van der Waals surface area contributed by atoms with Crippen LogP contribution in [0.25, 0.3) is 0 Å². The molecule has 0 saturated carbocycles. The SMILES string of the molecule is CC(Oc1ccc(F)cc1)C(=O)N[C@H]1CCCNC1.Cl. The molecule has 1 fully saturated rings. The van der Waals surface area contributed by atoms with Crippen molar-refractivity contribution < 1.29 is 13.9 Å². The van der Waals surface area contributed by atoms with Gasteiger partial charge in [-0.1, -0.05) is 0 Å². The van der Waals surface area contributed by atoms with Crippen LogP contribution in [0, 0.1) is 5.82 Å². The molecule has 1 heterocycles. The summed E-state index contributed by atoms with van der Waals surface area (Å²) in [5.74, 6) is 0.0292. The number of benzene rings is 1. The molecule has 1 aromatic rings. The zero-order valence-electron chi connectivity index (χ0n) is 11.4. The van der Waals surface area contributed by atoms with Crippen molar-refractivity contribution >= 4 is 18.3 Å². The first-order valence-electron chi connectivity index (χ1n) is 6.58. The lowest BCUT2D eigenvalue weighted by molar-refractivity contribution is -0.128. The average molecular weight is 303 g/mol. The minimum absolute atomic E-state index is 0. The van der Waals surface area contributed by atoms with E-state index < -0.39 is 6.10 Å². The number of nitrogens with one attached hydrogen (secondary N) is 2. The Kier molecular flexibility index (Phi) is 6.75. The summed E-state index contributed by atoms with van der Waals surface area (Å²) >= 11 is 0. The van der Waals surface area contributed by atoms with E-state index in [-0.39, 0.29) is 30.2 Å². The maximum absolute atomic E-state index is 12.7. The Morgan fingerprint density at radius 1 is 1.45 bits per heavy atom. The van der Waals surface area contributed by atoms with Crippen molar-refractivity contribution in [2.24, 2.45) is 0 Å². The lowest BCUT2D eigenvalue weighted by Crippen LogP contribution is -2.49. The summed E-state index contributed by atoms with van der Waals surface area (Å²) in [6.45, 7) is 3.50. The van der Waals surface area contributed by atoms with E-state index in [2.05, 4.69) is 10.6 Å². The molecule has 0 radical (unpaired) electrons. The molecule has 2 rings (SSSR count). The summed E-state index contributed by atoms with van der Waals surface area (Å²) in [6, 6.07) is 5.82. The van der Waals surface area contributed by atoms with Crippen molar-refractivity contribution in [3.8, 4) is 5.75 Å². The van der Waals surface area contributed by atoms with Gasteiger partial charge in [0.25, 0.3) is 5.91 Å². The van der Waals surface area contributed by atoms with Crippen LogP contribution in [0.4, 0.5) is 4.39 Å². The van der Waals surface area contributed by atoms with Gasteiger partial charge in [-0.25, -0.2) is 4.39 Å². The van der Waals surface area contributed by atoms with Crippen molar-refractivity contribution in [1.82, 2.24) is 10.6 Å². The quantitative estimate of drug-likeness (QED) is 0.893. The standard InChI is InChI=1S/C14H19FN2O2.ClH/c1-10(19-13-6-4-11(15)5-7-13)14(18)17-12-3-2-8-16-9-12;/h4-7,10,12,16H,2-3,8-9H2,1H3,(H,17,18);1H/t10?,12-;/m0./s1. The lowest BCUT2D eigenvalue weighted by atomic mass is 10.1. The first-order chi connectivity index (χ1) is 9.15. The third-order valence-electron chi connectivity index (χ3n) is 3.14. The Morgan fingerprint density at radius 2 is 2.15 bits per heavy atom. The zero-order chi connectivity index (χ0) is 13.7. The fourth-order valence-corrected chi connectivity index (χ4v) is 2.06. The van der Waals surface area contributed by atoms with Crippen LogP contribution in [0.3, 0.4) is 0 Å². The van der Waals surface area contributed by atoms with Crippen molar-refractivity contribution in [3.63, 3.8) is 0 Å². The Morgan fingerprint density at radius 3 is 2.75 bits per heavy atom. The molecule has 20 heavy (non-hydrogen) atoms. The number of carbonyl (C=O) groups is 1. The van der Waals surface area contributed by atoms with E-state index in [0.29, 0.717) is 5.75 Å². The lowest BCUT2D eigenvalue weighted by Gasteiger charge is -2.25. The Bertz CT molecular complexity index is 422. The van der Waals surface area contributed by atoms with E-state index in [1.54, 1.807) is 6.92 Å². The molecule has 1 unspecified atom stereocenters. The normalized spacial score (nSPS) is 19.6. The molecular formula is C14H20ClFN2O2. The molecule has 1 aliphatic heterocycles. The molecule has 1 amide bonds. The smallest absolute Gasteiger partial charge is 0.261 e. The van der Waals surface area contributed by atoms with Gasteiger partial charge in [0.15, 0.2) is 6.10 Å². The van der Waals surface area contributed by atoms with Gasteiger partial charge in [-0.05, 0) is 50.6 Å². The van der Waals surface area contributed by atoms with E-state index in [0.717, 1.165) is 25.9 Å². The second kappa shape index (κ2) is 8.07. The molecule has 0 aliphatic carbocycles. The predicted octanol–water partition coefficient (Wildman–Crippen LogP) is 1.88. The zero-order valence-corrected chi connectivity index (χ0v) is 12.2. The fraction of sp³-hybridized carbons (Fsp3) is 0.500. The summed E-state index contributed by atoms with van der Waals surface area (Å²) in [6.07, 6.45) is 1.47. The first kappa shape index (κ1) is 16.7. The van der Waals surface area contributed by atoms with Crippen molar-refractivity contribution in [3.05, 3.63) is 30.1 Å². The van der Waals surface area contributed by atoms with Crippen molar-refractivity contribution in [2.75, 3.05) is 13.1 Å². The third-order valence-corrected chi connectivity index (χ3v) is 3.14. The molecule has 0 spiro atoms. The Balaban J connectivity index is 0.00000200. The molecule has 4 nitrogen and oxygen atoms in total. The van der Waals surface area contributed by atoms with Gasteiger partial charge in [0.1, 0.15) is 11.6 Å². The number of carbonyl (C=O) groups excluding carboxylic acids is 1. The first-order valence-corrected chi connectivity index (χ1v) is 6.58. The second-order valence-electron chi connectivity index (χ2n) is 4.77. The van der Waals surface area contributed by atoms with Crippen molar-refractivity contribution in [1.29, 1.82) is 0 Å². The minimum Gasteiger partial charge on any atom is -0.481 e. The van der Waals surface area contributed by atoms with Crippen molar-refractivity contribution in [2.45, 2.75) is 31.9 Å². The van der Waals surface area contributed by atoms with E-state index in [9.17, 15) is 9.18 Å². The van der Waals surface area contributed by atoms with Gasteiger partial charge >= 0.3 is 0 Å². The predicted molar refractivity (Wildman–Crippen MR) is 77.8 cm³/mol. The number of hydrogen-bond acceptors (Lipinski definition) is 3. The molecule has 0 bridgehead atoms. The van der Waals surface area contributed by atoms with Crippen LogP contribution in [0.15, 0.2) is 24.3 Å².